The van der Waals surface area contributed by atoms with Crippen molar-refractivity contribution in [2.45, 2.75) is 58.0 Å². The number of rotatable bonds is 3. The highest BCUT2D eigenvalue weighted by Gasteiger charge is 2.44. The maximum atomic E-state index is 12.1. The molecule has 1 saturated heterocycles. The number of piperidine rings is 1. The van der Waals surface area contributed by atoms with Crippen molar-refractivity contribution < 1.29 is 5.11 Å². The number of nitrogens with one attached hydrogen (secondary N) is 1. The van der Waals surface area contributed by atoms with Crippen molar-refractivity contribution in [2.75, 3.05) is 12.1 Å². The Morgan fingerprint density at radius 2 is 1.77 bits per heavy atom. The van der Waals surface area contributed by atoms with Gasteiger partial charge in [0.25, 0.3) is 5.56 Å². The molecule has 1 fully saturated rings. The Balaban J connectivity index is 1.70. The Labute approximate surface area is 176 Å². The van der Waals surface area contributed by atoms with Gasteiger partial charge in [-0.05, 0) is 82.7 Å². The highest BCUT2D eigenvalue weighted by Crippen LogP contribution is 2.40. The van der Waals surface area contributed by atoms with Gasteiger partial charge in [-0.3, -0.25) is 9.80 Å². The second kappa shape index (κ2) is 7.09. The fourth-order valence-electron chi connectivity index (χ4n) is 4.97. The zero-order chi connectivity index (χ0) is 21.7. The number of benzene rings is 1. The lowest BCUT2D eigenvalue weighted by atomic mass is 9.81. The first-order valence-corrected chi connectivity index (χ1v) is 10.3. The normalized spacial score (nSPS) is 18.4. The molecule has 2 N–H and O–H groups in total. The van der Waals surface area contributed by atoms with Gasteiger partial charge in [-0.1, -0.05) is 0 Å². The van der Waals surface area contributed by atoms with Crippen LogP contribution in [0.1, 0.15) is 47.0 Å². The Morgan fingerprint density at radius 1 is 1.07 bits per heavy atom. The molecule has 0 amide bonds. The van der Waals surface area contributed by atoms with Crippen molar-refractivity contribution in [1.29, 1.82) is 0 Å². The summed E-state index contributed by atoms with van der Waals surface area (Å²) in [6, 6.07) is 8.74. The summed E-state index contributed by atoms with van der Waals surface area (Å²) < 4.78 is 0. The first-order valence-electron chi connectivity index (χ1n) is 10.3. The highest BCUT2D eigenvalue weighted by molar-refractivity contribution is 5.89. The molecule has 3 heterocycles. The van der Waals surface area contributed by atoms with Crippen molar-refractivity contribution >= 4 is 16.6 Å². The van der Waals surface area contributed by atoms with Gasteiger partial charge in [-0.2, -0.15) is 0 Å². The molecule has 0 bridgehead atoms. The number of aromatic hydroxyl groups is 1. The number of hydrazine groups is 1. The van der Waals surface area contributed by atoms with Crippen molar-refractivity contribution in [1.82, 2.24) is 20.2 Å². The topological polar surface area (TPSA) is 85.3 Å². The van der Waals surface area contributed by atoms with Crippen molar-refractivity contribution in [2.24, 2.45) is 0 Å². The molecule has 7 heteroatoms. The average Bonchev–Trinajstić information content (AvgIpc) is 2.66. The summed E-state index contributed by atoms with van der Waals surface area (Å²) >= 11 is 0. The zero-order valence-corrected chi connectivity index (χ0v) is 18.2. The number of H-pyrrole nitrogens is 1. The van der Waals surface area contributed by atoms with Crippen LogP contribution in [0.5, 0.6) is 5.75 Å². The number of hydrogen-bond acceptors (Lipinski definition) is 6. The van der Waals surface area contributed by atoms with Crippen LogP contribution in [0.4, 0.5) is 5.82 Å². The van der Waals surface area contributed by atoms with Gasteiger partial charge in [-0.25, -0.2) is 5.01 Å². The Morgan fingerprint density at radius 3 is 2.40 bits per heavy atom. The second-order valence-electron chi connectivity index (χ2n) is 9.35. The molecule has 158 valence electrons. The fourth-order valence-corrected chi connectivity index (χ4v) is 4.97. The van der Waals surface area contributed by atoms with Crippen LogP contribution in [-0.2, 0) is 0 Å². The largest absolute Gasteiger partial charge is 0.507 e. The fraction of sp³-hybridized carbons (Fsp3) is 0.435. The summed E-state index contributed by atoms with van der Waals surface area (Å²) in [6.07, 6.45) is 5.00. The number of pyridine rings is 1. The lowest BCUT2D eigenvalue weighted by Gasteiger charge is -2.56. The molecule has 0 saturated carbocycles. The van der Waals surface area contributed by atoms with E-state index in [9.17, 15) is 9.90 Å². The van der Waals surface area contributed by atoms with E-state index in [1.165, 1.54) is 6.42 Å². The molecule has 0 atom stereocenters. The smallest absolute Gasteiger partial charge is 0.255 e. The first-order chi connectivity index (χ1) is 14.1. The minimum absolute atomic E-state index is 0.00842. The van der Waals surface area contributed by atoms with Crippen LogP contribution in [0.2, 0.25) is 0 Å². The second-order valence-corrected chi connectivity index (χ2v) is 9.35. The lowest BCUT2D eigenvalue weighted by Crippen LogP contribution is -2.64. The number of hydrogen-bond donors (Lipinski definition) is 2. The number of phenolic OH excluding ortho intramolecular Hbond substituents is 1. The van der Waals surface area contributed by atoms with Gasteiger partial charge in [0.15, 0.2) is 5.82 Å². The van der Waals surface area contributed by atoms with E-state index in [1.54, 1.807) is 24.4 Å². The highest BCUT2D eigenvalue weighted by atomic mass is 16.3. The summed E-state index contributed by atoms with van der Waals surface area (Å²) in [6.45, 7) is 9.04. The average molecular weight is 408 g/mol. The van der Waals surface area contributed by atoms with Crippen LogP contribution in [0.15, 0.2) is 41.3 Å². The van der Waals surface area contributed by atoms with Gasteiger partial charge in [0, 0.05) is 35.3 Å². The number of anilines is 1. The molecule has 1 aromatic carbocycles. The molecule has 4 rings (SSSR count). The van der Waals surface area contributed by atoms with Gasteiger partial charge in [0.1, 0.15) is 5.75 Å². The molecule has 1 aliphatic rings. The van der Waals surface area contributed by atoms with E-state index in [1.807, 2.05) is 19.2 Å². The molecule has 0 radical (unpaired) electrons. The standard InChI is InChI=1S/C23H29N5O2/c1-22(2)10-6-11-23(3,4)28(22)27(5)20-8-7-18(25-26-20)17-14-16-15(13-19(17)29)9-12-24-21(16)30/h7-9,12-14,29H,6,10-11H2,1-5H3,(H,24,30). The molecule has 7 nitrogen and oxygen atoms in total. The summed E-state index contributed by atoms with van der Waals surface area (Å²) in [4.78, 5) is 14.8. The van der Waals surface area contributed by atoms with Crippen LogP contribution >= 0.6 is 0 Å². The summed E-state index contributed by atoms with van der Waals surface area (Å²) in [5.74, 6) is 0.807. The minimum Gasteiger partial charge on any atom is -0.507 e. The van der Waals surface area contributed by atoms with Gasteiger partial charge >= 0.3 is 0 Å². The third-order valence-electron chi connectivity index (χ3n) is 6.17. The predicted molar refractivity (Wildman–Crippen MR) is 120 cm³/mol. The molecule has 0 unspecified atom stereocenters. The summed E-state index contributed by atoms with van der Waals surface area (Å²) in [7, 11) is 2.02. The number of aromatic nitrogens is 3. The van der Waals surface area contributed by atoms with E-state index in [0.29, 0.717) is 22.0 Å². The van der Waals surface area contributed by atoms with Crippen LogP contribution in [0, 0.1) is 0 Å². The third-order valence-corrected chi connectivity index (χ3v) is 6.17. The number of aromatic amines is 1. The van der Waals surface area contributed by atoms with Crippen LogP contribution in [0.3, 0.4) is 0 Å². The van der Waals surface area contributed by atoms with E-state index in [0.717, 1.165) is 18.7 Å². The Hall–Kier alpha value is -2.93. The van der Waals surface area contributed by atoms with Crippen molar-refractivity contribution in [3.63, 3.8) is 0 Å². The van der Waals surface area contributed by atoms with Crippen LogP contribution in [0.25, 0.3) is 22.0 Å². The maximum Gasteiger partial charge on any atom is 0.255 e. The summed E-state index contributed by atoms with van der Waals surface area (Å²) in [5, 5.41) is 24.9. The van der Waals surface area contributed by atoms with Gasteiger partial charge in [0.2, 0.25) is 0 Å². The van der Waals surface area contributed by atoms with Gasteiger partial charge in [0.05, 0.1) is 5.69 Å². The van der Waals surface area contributed by atoms with Crippen molar-refractivity contribution in [3.05, 3.63) is 46.9 Å². The predicted octanol–water partition coefficient (Wildman–Crippen LogP) is 4.09. The van der Waals surface area contributed by atoms with E-state index in [-0.39, 0.29) is 22.4 Å². The van der Waals surface area contributed by atoms with Gasteiger partial charge in [-0.15, -0.1) is 10.2 Å². The quantitative estimate of drug-likeness (QED) is 0.680. The lowest BCUT2D eigenvalue weighted by molar-refractivity contribution is -0.0332. The molecule has 30 heavy (non-hydrogen) atoms. The van der Waals surface area contributed by atoms with E-state index in [2.05, 4.69) is 52.9 Å². The van der Waals surface area contributed by atoms with Gasteiger partial charge < -0.3 is 10.1 Å². The first kappa shape index (κ1) is 20.3. The maximum absolute atomic E-state index is 12.1. The summed E-state index contributed by atoms with van der Waals surface area (Å²) in [5.41, 5.74) is 0.822. The molecular formula is C23H29N5O2. The SMILES string of the molecule is CN(c1ccc(-c2cc3c(=O)[nH]ccc3cc2O)nn1)N1C(C)(C)CCCC1(C)C. The van der Waals surface area contributed by atoms with E-state index in [4.69, 9.17) is 0 Å². The zero-order valence-electron chi connectivity index (χ0n) is 18.2. The molecule has 3 aromatic rings. The molecular weight excluding hydrogens is 378 g/mol. The van der Waals surface area contributed by atoms with Crippen LogP contribution in [-0.4, -0.2) is 43.4 Å². The Kier molecular flexibility index (Phi) is 4.81. The van der Waals surface area contributed by atoms with E-state index >= 15 is 0 Å². The molecule has 1 aliphatic heterocycles. The monoisotopic (exact) mass is 407 g/mol. The van der Waals surface area contributed by atoms with E-state index < -0.39 is 0 Å². The number of nitrogens with zero attached hydrogens (tertiary/aromatic N) is 4. The molecule has 0 spiro atoms. The van der Waals surface area contributed by atoms with Crippen molar-refractivity contribution in [3.8, 4) is 17.0 Å². The Bertz CT molecular complexity index is 1120. The number of fused-ring (bicyclic) bond motifs is 1. The minimum atomic E-state index is -0.201. The number of phenols is 1. The molecule has 0 aliphatic carbocycles. The van der Waals surface area contributed by atoms with Crippen LogP contribution < -0.4 is 10.6 Å². The molecule has 2 aromatic heterocycles. The third kappa shape index (κ3) is 3.43.